The van der Waals surface area contributed by atoms with E-state index in [-0.39, 0.29) is 60.8 Å². The summed E-state index contributed by atoms with van der Waals surface area (Å²) in [5.74, 6) is -9.95. The van der Waals surface area contributed by atoms with Crippen LogP contribution in [0.5, 0.6) is 0 Å². The third kappa shape index (κ3) is 20.4. The van der Waals surface area contributed by atoms with E-state index < -0.39 is 129 Å². The van der Waals surface area contributed by atoms with Crippen molar-refractivity contribution in [3.05, 3.63) is 71.9 Å². The van der Waals surface area contributed by atoms with Gasteiger partial charge < -0.3 is 68.0 Å². The Morgan fingerprint density at radius 2 is 1.53 bits per heavy atom. The molecule has 488 valence electrons. The maximum Gasteiger partial charge on any atom is 0.409 e. The lowest BCUT2D eigenvalue weighted by molar-refractivity contribution is -0.265. The van der Waals surface area contributed by atoms with Crippen molar-refractivity contribution >= 4 is 61.3 Å². The molecular weight excluding hydrogens is 1160 g/mol. The summed E-state index contributed by atoms with van der Waals surface area (Å²) < 4.78 is 60.0. The molecule has 3 unspecified atom stereocenters. The number of benzene rings is 1. The SMILES string of the molecule is CO[C@H]1C[C@@H]2CC[C@@H](C)[C@@](O)(O2)C(=O)C(=O)N2CCCCC2C(=O)O[C@H]([C@H](C)C[C@@H]2CC[C@@H](OC(=O)N(C)CCN(C)c3ccc(P(=O)(O)CP(=O)(O)O)cc3)[C@H](OC)C2)CC(=O)C(C)=CC(C)[C@@H](O)[C@@H](OC)C(=O)[C@H](C)C[C@H](C)C=CC=CC=C1C. The number of hydrogen-bond acceptors (Lipinski definition) is 17. The molecular formula is C63H97N3O19P2. The fourth-order valence-electron chi connectivity index (χ4n) is 12.3. The lowest BCUT2D eigenvalue weighted by atomic mass is 9.78. The molecule has 5 rings (SSSR count). The van der Waals surface area contributed by atoms with Crippen LogP contribution in [-0.2, 0) is 61.5 Å². The smallest absolute Gasteiger partial charge is 0.409 e. The first-order valence-corrected chi connectivity index (χ1v) is 34.1. The molecule has 5 N–H and O–H groups in total. The third-order valence-corrected chi connectivity index (χ3v) is 22.0. The van der Waals surface area contributed by atoms with Crippen molar-refractivity contribution in [3.8, 4) is 0 Å². The van der Waals surface area contributed by atoms with Crippen molar-refractivity contribution in [3.63, 3.8) is 0 Å². The van der Waals surface area contributed by atoms with Crippen LogP contribution in [0.1, 0.15) is 126 Å². The lowest BCUT2D eigenvalue weighted by Crippen LogP contribution is -2.61. The van der Waals surface area contributed by atoms with Crippen molar-refractivity contribution < 1.29 is 91.2 Å². The number of fused-ring (bicyclic) bond motifs is 3. The predicted octanol–water partition coefficient (Wildman–Crippen LogP) is 7.42. The monoisotopic (exact) mass is 1260 g/mol. The van der Waals surface area contributed by atoms with Crippen molar-refractivity contribution in [2.75, 3.05) is 65.9 Å². The molecule has 4 aliphatic rings. The summed E-state index contributed by atoms with van der Waals surface area (Å²) in [5.41, 5.74) is 1.73. The van der Waals surface area contributed by atoms with E-state index in [2.05, 4.69) is 0 Å². The standard InChI is InChI=1S/C63H97N3O19P2/c1-39-18-14-13-15-19-40(2)53(80-10)36-48-25-21-45(7)63(74,85-48)59(70)60(71)66-29-17-16-20-50(66)61(72)83-54(37-51(67)41(3)33-44(6)57(69)58(82-12)56(68)43(5)32-39)42(4)34-46-22-28-52(55(35-46)81-11)84-62(73)65(9)31-30-64(8)47-23-26-49(27-24-47)86(75,76)38-87(77,78)79/h13-15,18-19,23-24,26-27,33,39,42-46,48,50,52-55,57-58,69,74H,16-17,20-22,25,28-32,34-38H2,1-12H3,(H,75,76)(H2,77,78,79)/t39-,42-,43-,44?,45-,46+,48+,50?,52-,53+,54+,55-,57-,58+,63-/m1/s1. The number of nitrogens with zero attached hydrogens (tertiary/aromatic N) is 3. The first kappa shape index (κ1) is 73.0. The van der Waals surface area contributed by atoms with Crippen molar-refractivity contribution in [2.45, 2.75) is 180 Å². The molecule has 3 fully saturated rings. The van der Waals surface area contributed by atoms with Crippen LogP contribution in [-0.4, -0.2) is 186 Å². The Balaban J connectivity index is 1.36. The number of carbonyl (C=O) groups is 6. The van der Waals surface area contributed by atoms with E-state index >= 15 is 0 Å². The number of amides is 2. The van der Waals surface area contributed by atoms with Crippen molar-refractivity contribution in [1.82, 2.24) is 9.80 Å². The van der Waals surface area contributed by atoms with E-state index in [4.69, 9.17) is 28.4 Å². The van der Waals surface area contributed by atoms with Crippen molar-refractivity contribution in [2.24, 2.45) is 35.5 Å². The van der Waals surface area contributed by atoms with Gasteiger partial charge in [0.1, 0.15) is 30.3 Å². The van der Waals surface area contributed by atoms with Crippen LogP contribution in [0.2, 0.25) is 0 Å². The summed E-state index contributed by atoms with van der Waals surface area (Å²) in [4.78, 5) is 119. The molecule has 0 aromatic heterocycles. The zero-order valence-electron chi connectivity index (χ0n) is 52.9. The summed E-state index contributed by atoms with van der Waals surface area (Å²) in [7, 11) is -1.26. The van der Waals surface area contributed by atoms with Crippen molar-refractivity contribution in [1.29, 1.82) is 0 Å². The van der Waals surface area contributed by atoms with Gasteiger partial charge >= 0.3 is 19.7 Å². The fourth-order valence-corrected chi connectivity index (χ4v) is 15.5. The number of esters is 1. The van der Waals surface area contributed by atoms with Crippen LogP contribution in [0.4, 0.5) is 10.5 Å². The van der Waals surface area contributed by atoms with Gasteiger partial charge in [0.05, 0.1) is 24.4 Å². The zero-order chi connectivity index (χ0) is 64.7. The number of likely N-dealkylation sites (N-methyl/N-ethyl adjacent to an activating group) is 2. The van der Waals surface area contributed by atoms with E-state index in [1.165, 1.54) is 31.3 Å². The molecule has 1 aromatic carbocycles. The van der Waals surface area contributed by atoms with Crippen LogP contribution in [0, 0.1) is 35.5 Å². The molecule has 22 nitrogen and oxygen atoms in total. The number of allylic oxidation sites excluding steroid dienone is 6. The molecule has 0 spiro atoms. The van der Waals surface area contributed by atoms with E-state index in [1.807, 2.05) is 51.2 Å². The first-order valence-electron chi connectivity index (χ1n) is 30.4. The van der Waals surface area contributed by atoms with E-state index in [1.54, 1.807) is 72.0 Å². The molecule has 1 aromatic rings. The molecule has 3 heterocycles. The lowest BCUT2D eigenvalue weighted by Gasteiger charge is -2.42. The molecule has 2 amide bonds. The number of piperidine rings is 1. The molecule has 2 bridgehead atoms. The minimum Gasteiger partial charge on any atom is -0.460 e. The Morgan fingerprint density at radius 3 is 2.17 bits per heavy atom. The van der Waals surface area contributed by atoms with E-state index in [0.29, 0.717) is 70.0 Å². The highest BCUT2D eigenvalue weighted by Gasteiger charge is 2.53. The molecule has 2 saturated heterocycles. The van der Waals surface area contributed by atoms with Gasteiger partial charge in [-0.15, -0.1) is 0 Å². The zero-order valence-corrected chi connectivity index (χ0v) is 54.6. The van der Waals surface area contributed by atoms with Crippen LogP contribution in [0.3, 0.4) is 0 Å². The van der Waals surface area contributed by atoms with Crippen LogP contribution >= 0.6 is 15.0 Å². The number of rotatable bonds is 14. The van der Waals surface area contributed by atoms with Gasteiger partial charge in [-0.25, -0.2) is 9.59 Å². The number of methoxy groups -OCH3 is 3. The second-order valence-electron chi connectivity index (χ2n) is 24.8. The van der Waals surface area contributed by atoms with Crippen LogP contribution in [0.15, 0.2) is 71.9 Å². The van der Waals surface area contributed by atoms with Gasteiger partial charge in [-0.2, -0.15) is 0 Å². The number of Topliss-reactive ketones (excluding diaryl/α,β-unsaturated/α-hetero) is 3. The van der Waals surface area contributed by atoms with Gasteiger partial charge in [0, 0.05) is 96.6 Å². The van der Waals surface area contributed by atoms with Gasteiger partial charge in [0.25, 0.3) is 11.7 Å². The molecule has 1 saturated carbocycles. The molecule has 24 heteroatoms. The molecule has 87 heavy (non-hydrogen) atoms. The molecule has 1 aliphatic carbocycles. The average Bonchev–Trinajstić information content (AvgIpc) is 0.881. The third-order valence-electron chi connectivity index (χ3n) is 17.9. The highest BCUT2D eigenvalue weighted by atomic mass is 31.2. The Kier molecular flexibility index (Phi) is 27.6. The van der Waals surface area contributed by atoms with Gasteiger partial charge in [-0.1, -0.05) is 71.1 Å². The highest BCUT2D eigenvalue weighted by Crippen LogP contribution is 2.54. The second-order valence-corrected chi connectivity index (χ2v) is 29.2. The average molecular weight is 1260 g/mol. The van der Waals surface area contributed by atoms with E-state index in [9.17, 15) is 62.8 Å². The number of ether oxygens (including phenoxy) is 6. The van der Waals surface area contributed by atoms with Gasteiger partial charge in [0.15, 0.2) is 11.6 Å². The normalized spacial score (nSPS) is 32.0. The topological polar surface area (TPSA) is 303 Å². The number of ketones is 3. The number of cyclic esters (lactones) is 1. The van der Waals surface area contributed by atoms with Gasteiger partial charge in [-0.3, -0.25) is 28.3 Å². The Labute approximate surface area is 513 Å². The largest absolute Gasteiger partial charge is 0.460 e. The predicted molar refractivity (Wildman–Crippen MR) is 328 cm³/mol. The number of aliphatic hydroxyl groups excluding tert-OH is 1. The second kappa shape index (κ2) is 32.9. The minimum atomic E-state index is -4.75. The number of anilines is 1. The summed E-state index contributed by atoms with van der Waals surface area (Å²) in [6.45, 7) is 13.0. The number of hydrogen-bond donors (Lipinski definition) is 5. The summed E-state index contributed by atoms with van der Waals surface area (Å²) in [5, 5.41) is 23.6. The maximum absolute atomic E-state index is 14.7. The first-order chi connectivity index (χ1) is 40.8. The van der Waals surface area contributed by atoms with Gasteiger partial charge in [-0.05, 0) is 131 Å². The Morgan fingerprint density at radius 1 is 0.839 bits per heavy atom. The van der Waals surface area contributed by atoms with Gasteiger partial charge in [0.2, 0.25) is 13.2 Å². The molecule has 0 radical (unpaired) electrons. The Hall–Kier alpha value is -4.70. The maximum atomic E-state index is 14.7. The summed E-state index contributed by atoms with van der Waals surface area (Å²) in [6, 6.07) is 4.54. The molecule has 3 aliphatic heterocycles. The number of carbonyl (C=O) groups excluding carboxylic acids is 6. The molecule has 16 atom stereocenters. The van der Waals surface area contributed by atoms with Crippen LogP contribution in [0.25, 0.3) is 0 Å². The quantitative estimate of drug-likeness (QED) is 0.0687. The minimum absolute atomic E-state index is 0.0204. The Bertz CT molecular complexity index is 2750. The van der Waals surface area contributed by atoms with Crippen LogP contribution < -0.4 is 10.2 Å². The highest BCUT2D eigenvalue weighted by molar-refractivity contribution is 7.77. The fraction of sp³-hybridized carbons (Fsp3) is 0.683. The summed E-state index contributed by atoms with van der Waals surface area (Å²) >= 11 is 0. The summed E-state index contributed by atoms with van der Waals surface area (Å²) in [6.07, 6.45) is 9.01. The van der Waals surface area contributed by atoms with E-state index in [0.717, 1.165) is 10.5 Å². The number of aliphatic hydroxyl groups is 2.